The largest absolute Gasteiger partial charge is 0.309 e. The fourth-order valence-corrected chi connectivity index (χ4v) is 7.47. The molecule has 8 aromatic carbocycles. The van der Waals surface area contributed by atoms with Crippen LogP contribution in [-0.4, -0.2) is 4.57 Å². The molecule has 0 aliphatic rings. The molecule has 0 fully saturated rings. The van der Waals surface area contributed by atoms with E-state index < -0.39 is 0 Å². The van der Waals surface area contributed by atoms with Crippen LogP contribution in [0.5, 0.6) is 0 Å². The summed E-state index contributed by atoms with van der Waals surface area (Å²) in [5.74, 6) is 0. The Hall–Kier alpha value is -6.18. The Morgan fingerprint density at radius 3 is 1.73 bits per heavy atom. The van der Waals surface area contributed by atoms with E-state index in [4.69, 9.17) is 0 Å². The minimum absolute atomic E-state index is 1.17. The first kappa shape index (κ1) is 28.1. The monoisotopic (exact) mass is 611 g/mol. The van der Waals surface area contributed by atoms with Gasteiger partial charge in [0.05, 0.1) is 11.0 Å². The number of benzene rings is 8. The van der Waals surface area contributed by atoms with Crippen molar-refractivity contribution in [3.05, 3.63) is 188 Å². The van der Waals surface area contributed by atoms with Gasteiger partial charge in [0.15, 0.2) is 0 Å². The van der Waals surface area contributed by atoms with E-state index >= 15 is 0 Å². The van der Waals surface area contributed by atoms with Crippen LogP contribution in [0.2, 0.25) is 0 Å². The maximum Gasteiger partial charge on any atom is 0.0547 e. The lowest BCUT2D eigenvalue weighted by molar-refractivity contribution is 1.18. The molecule has 0 aliphatic carbocycles. The van der Waals surface area contributed by atoms with E-state index in [1.54, 1.807) is 0 Å². The van der Waals surface area contributed by atoms with Crippen molar-refractivity contribution in [2.75, 3.05) is 0 Å². The number of fused-ring (bicyclic) bond motifs is 4. The van der Waals surface area contributed by atoms with Gasteiger partial charge in [0.1, 0.15) is 0 Å². The fourth-order valence-electron chi connectivity index (χ4n) is 7.47. The first-order valence-electron chi connectivity index (χ1n) is 16.6. The Morgan fingerprint density at radius 2 is 0.896 bits per heavy atom. The second-order valence-corrected chi connectivity index (χ2v) is 12.6. The first-order chi connectivity index (χ1) is 23.7. The molecule has 0 aliphatic heterocycles. The Bertz CT molecular complexity index is 2600. The maximum atomic E-state index is 2.41. The van der Waals surface area contributed by atoms with Gasteiger partial charge >= 0.3 is 0 Å². The van der Waals surface area contributed by atoms with Crippen molar-refractivity contribution in [2.24, 2.45) is 0 Å². The number of nitrogens with zero attached hydrogens (tertiary/aromatic N) is 1. The van der Waals surface area contributed by atoms with Crippen LogP contribution in [0, 0.1) is 6.92 Å². The third kappa shape index (κ3) is 4.71. The van der Waals surface area contributed by atoms with E-state index in [9.17, 15) is 0 Å². The molecular formula is C47H33N. The summed E-state index contributed by atoms with van der Waals surface area (Å²) in [6.07, 6.45) is 0. The molecule has 0 radical (unpaired) electrons. The summed E-state index contributed by atoms with van der Waals surface area (Å²) in [5.41, 5.74) is 14.7. The van der Waals surface area contributed by atoms with Crippen LogP contribution in [-0.2, 0) is 0 Å². The van der Waals surface area contributed by atoms with Gasteiger partial charge in [0.25, 0.3) is 0 Å². The van der Waals surface area contributed by atoms with Gasteiger partial charge in [0.2, 0.25) is 0 Å². The van der Waals surface area contributed by atoms with E-state index in [1.165, 1.54) is 88.3 Å². The van der Waals surface area contributed by atoms with Crippen molar-refractivity contribution in [3.63, 3.8) is 0 Å². The number of aryl methyl sites for hydroxylation is 1. The molecule has 0 saturated carbocycles. The molecule has 9 rings (SSSR count). The second kappa shape index (κ2) is 11.6. The third-order valence-corrected chi connectivity index (χ3v) is 9.69. The molecule has 0 bridgehead atoms. The fraction of sp³-hybridized carbons (Fsp3) is 0.0213. The molecule has 0 spiro atoms. The van der Waals surface area contributed by atoms with Crippen LogP contribution in [0.1, 0.15) is 5.56 Å². The molecule has 0 saturated heterocycles. The number of para-hydroxylation sites is 1. The summed E-state index contributed by atoms with van der Waals surface area (Å²) in [7, 11) is 0. The second-order valence-electron chi connectivity index (χ2n) is 12.6. The summed E-state index contributed by atoms with van der Waals surface area (Å²) in [4.78, 5) is 0. The standard InChI is InChI=1S/C47H33N/c1-32-14-10-26-44-46(32)47-43(25-13-27-45(47)48(44)40-21-6-3-7-22-40)36-20-11-19-35(28-36)38-29-37(33-15-4-2-5-16-33)30-39(31-38)42-24-12-18-34-17-8-9-23-41(34)42/h2-31H,1H3. The van der Waals surface area contributed by atoms with Crippen LogP contribution in [0.15, 0.2) is 182 Å². The average molecular weight is 612 g/mol. The normalized spacial score (nSPS) is 11.4. The van der Waals surface area contributed by atoms with Gasteiger partial charge in [-0.05, 0) is 116 Å². The molecule has 48 heavy (non-hydrogen) atoms. The molecule has 1 aromatic heterocycles. The van der Waals surface area contributed by atoms with Crippen molar-refractivity contribution < 1.29 is 0 Å². The molecule has 0 atom stereocenters. The maximum absolute atomic E-state index is 2.41. The van der Waals surface area contributed by atoms with Gasteiger partial charge < -0.3 is 4.57 Å². The minimum Gasteiger partial charge on any atom is -0.309 e. The Balaban J connectivity index is 1.26. The van der Waals surface area contributed by atoms with Crippen molar-refractivity contribution in [3.8, 4) is 50.2 Å². The molecule has 9 aromatic rings. The van der Waals surface area contributed by atoms with Crippen LogP contribution in [0.3, 0.4) is 0 Å². The SMILES string of the molecule is Cc1cccc2c1c1c(-c3cccc(-c4cc(-c5ccccc5)cc(-c5cccc6ccccc56)c4)c3)cccc1n2-c1ccccc1. The van der Waals surface area contributed by atoms with E-state index in [0.29, 0.717) is 0 Å². The Kier molecular flexibility index (Phi) is 6.76. The highest BCUT2D eigenvalue weighted by atomic mass is 15.0. The summed E-state index contributed by atoms with van der Waals surface area (Å²) >= 11 is 0. The molecule has 0 N–H and O–H groups in total. The number of aromatic nitrogens is 1. The summed E-state index contributed by atoms with van der Waals surface area (Å²) in [6.45, 7) is 2.23. The minimum atomic E-state index is 1.17. The smallest absolute Gasteiger partial charge is 0.0547 e. The van der Waals surface area contributed by atoms with Crippen LogP contribution in [0.25, 0.3) is 82.8 Å². The van der Waals surface area contributed by atoms with Crippen molar-refractivity contribution in [1.29, 1.82) is 0 Å². The van der Waals surface area contributed by atoms with Gasteiger partial charge in [-0.2, -0.15) is 0 Å². The highest BCUT2D eigenvalue weighted by Gasteiger charge is 2.18. The predicted octanol–water partition coefficient (Wildman–Crippen LogP) is 12.9. The number of rotatable bonds is 5. The van der Waals surface area contributed by atoms with Crippen molar-refractivity contribution in [1.82, 2.24) is 4.57 Å². The van der Waals surface area contributed by atoms with Crippen LogP contribution in [0.4, 0.5) is 0 Å². The van der Waals surface area contributed by atoms with E-state index in [1.807, 2.05) is 0 Å². The zero-order valence-corrected chi connectivity index (χ0v) is 26.8. The summed E-state index contributed by atoms with van der Waals surface area (Å²) in [5, 5.41) is 5.12. The summed E-state index contributed by atoms with van der Waals surface area (Å²) < 4.78 is 2.41. The topological polar surface area (TPSA) is 4.93 Å². The molecule has 1 heterocycles. The predicted molar refractivity (Wildman–Crippen MR) is 205 cm³/mol. The van der Waals surface area contributed by atoms with E-state index in [0.717, 1.165) is 0 Å². The van der Waals surface area contributed by atoms with Gasteiger partial charge in [-0.15, -0.1) is 0 Å². The molecule has 1 nitrogen and oxygen atoms in total. The number of hydrogen-bond donors (Lipinski definition) is 0. The lowest BCUT2D eigenvalue weighted by Crippen LogP contribution is -1.93. The first-order valence-corrected chi connectivity index (χ1v) is 16.6. The molecule has 1 heteroatoms. The van der Waals surface area contributed by atoms with Gasteiger partial charge in [0, 0.05) is 16.5 Å². The van der Waals surface area contributed by atoms with Crippen molar-refractivity contribution >= 4 is 32.6 Å². The van der Waals surface area contributed by atoms with Crippen molar-refractivity contribution in [2.45, 2.75) is 6.92 Å². The molecule has 0 amide bonds. The average Bonchev–Trinajstić information content (AvgIpc) is 3.51. The molecular weight excluding hydrogens is 579 g/mol. The lowest BCUT2D eigenvalue weighted by atomic mass is 9.90. The van der Waals surface area contributed by atoms with E-state index in [-0.39, 0.29) is 0 Å². The molecule has 226 valence electrons. The van der Waals surface area contributed by atoms with Gasteiger partial charge in [-0.1, -0.05) is 133 Å². The highest BCUT2D eigenvalue weighted by molar-refractivity contribution is 6.17. The van der Waals surface area contributed by atoms with Gasteiger partial charge in [-0.3, -0.25) is 0 Å². The lowest BCUT2D eigenvalue weighted by Gasteiger charge is -2.14. The van der Waals surface area contributed by atoms with Crippen LogP contribution < -0.4 is 0 Å². The highest BCUT2D eigenvalue weighted by Crippen LogP contribution is 2.42. The van der Waals surface area contributed by atoms with E-state index in [2.05, 4.69) is 193 Å². The summed E-state index contributed by atoms with van der Waals surface area (Å²) in [6, 6.07) is 66.2. The number of hydrogen-bond acceptors (Lipinski definition) is 0. The third-order valence-electron chi connectivity index (χ3n) is 9.69. The quantitative estimate of drug-likeness (QED) is 0.182. The Labute approximate surface area is 281 Å². The molecule has 0 unspecified atom stereocenters. The van der Waals surface area contributed by atoms with Crippen LogP contribution >= 0.6 is 0 Å². The zero-order chi connectivity index (χ0) is 32.0. The Morgan fingerprint density at radius 1 is 0.354 bits per heavy atom. The van der Waals surface area contributed by atoms with Gasteiger partial charge in [-0.25, -0.2) is 0 Å². The zero-order valence-electron chi connectivity index (χ0n) is 26.8.